The van der Waals surface area contributed by atoms with Crippen molar-refractivity contribution < 1.29 is 4.79 Å². The number of benzene rings is 2. The van der Waals surface area contributed by atoms with Crippen LogP contribution < -0.4 is 10.6 Å². The molecular weight excluding hydrogens is 272 g/mol. The van der Waals surface area contributed by atoms with Crippen LogP contribution in [0.2, 0.25) is 0 Å². The van der Waals surface area contributed by atoms with Gasteiger partial charge in [0, 0.05) is 11.4 Å². The quantitative estimate of drug-likeness (QED) is 0.881. The molecule has 2 aromatic rings. The Bertz CT molecular complexity index is 622. The first-order valence-corrected chi connectivity index (χ1v) is 7.55. The lowest BCUT2D eigenvalue weighted by Crippen LogP contribution is -2.21. The molecule has 0 heterocycles. The van der Waals surface area contributed by atoms with Gasteiger partial charge in [-0.05, 0) is 42.2 Å². The fourth-order valence-electron chi connectivity index (χ4n) is 2.11. The van der Waals surface area contributed by atoms with E-state index in [0.29, 0.717) is 0 Å². The molecule has 1 amide bonds. The fraction of sp³-hybridized carbons (Fsp3) is 0.316. The number of aryl methyl sites for hydroxylation is 1. The largest absolute Gasteiger partial charge is 0.376 e. The molecule has 0 saturated carbocycles. The van der Waals surface area contributed by atoms with E-state index in [1.807, 2.05) is 43.3 Å². The number of anilines is 2. The summed E-state index contributed by atoms with van der Waals surface area (Å²) in [6.07, 6.45) is 0. The van der Waals surface area contributed by atoms with Crippen molar-refractivity contribution in [3.63, 3.8) is 0 Å². The van der Waals surface area contributed by atoms with Gasteiger partial charge in [-0.3, -0.25) is 4.79 Å². The van der Waals surface area contributed by atoms with Crippen LogP contribution in [0, 0.1) is 6.92 Å². The van der Waals surface area contributed by atoms with Gasteiger partial charge in [0.2, 0.25) is 5.91 Å². The summed E-state index contributed by atoms with van der Waals surface area (Å²) in [5.41, 5.74) is 4.35. The van der Waals surface area contributed by atoms with Gasteiger partial charge in [-0.25, -0.2) is 0 Å². The van der Waals surface area contributed by atoms with E-state index < -0.39 is 0 Å². The highest BCUT2D eigenvalue weighted by Gasteiger charge is 2.13. The molecule has 0 saturated heterocycles. The molecule has 0 spiro atoms. The van der Waals surface area contributed by atoms with E-state index in [1.165, 1.54) is 11.1 Å². The van der Waals surface area contributed by atoms with Crippen molar-refractivity contribution in [1.82, 2.24) is 0 Å². The molecule has 0 aliphatic carbocycles. The van der Waals surface area contributed by atoms with E-state index in [-0.39, 0.29) is 17.9 Å². The summed E-state index contributed by atoms with van der Waals surface area (Å²) in [5.74, 6) is -0.0518. The Morgan fingerprint density at radius 1 is 0.909 bits per heavy atom. The number of hydrogen-bond donors (Lipinski definition) is 2. The van der Waals surface area contributed by atoms with Crippen molar-refractivity contribution >= 4 is 17.3 Å². The SMILES string of the molecule is Cc1ccc(NCC(=O)Nc2ccc(C(C)(C)C)cc2)cc1. The third kappa shape index (κ3) is 4.62. The van der Waals surface area contributed by atoms with Crippen LogP contribution in [0.15, 0.2) is 48.5 Å². The zero-order chi connectivity index (χ0) is 16.2. The van der Waals surface area contributed by atoms with Gasteiger partial charge in [0.15, 0.2) is 0 Å². The third-order valence-electron chi connectivity index (χ3n) is 3.54. The average molecular weight is 296 g/mol. The zero-order valence-electron chi connectivity index (χ0n) is 13.7. The number of carbonyl (C=O) groups excluding carboxylic acids is 1. The number of carbonyl (C=O) groups is 1. The second-order valence-corrected chi connectivity index (χ2v) is 6.60. The molecule has 3 heteroatoms. The van der Waals surface area contributed by atoms with E-state index in [2.05, 4.69) is 43.5 Å². The Hall–Kier alpha value is -2.29. The van der Waals surface area contributed by atoms with Crippen LogP contribution in [0.3, 0.4) is 0 Å². The topological polar surface area (TPSA) is 41.1 Å². The standard InChI is InChI=1S/C19H24N2O/c1-14-5-9-16(10-6-14)20-13-18(22)21-17-11-7-15(8-12-17)19(2,3)4/h5-12,20H,13H2,1-4H3,(H,21,22). The molecule has 0 aromatic heterocycles. The second kappa shape index (κ2) is 6.65. The van der Waals surface area contributed by atoms with E-state index in [1.54, 1.807) is 0 Å². The molecule has 0 radical (unpaired) electrons. The Kier molecular flexibility index (Phi) is 4.86. The van der Waals surface area contributed by atoms with Gasteiger partial charge >= 0.3 is 0 Å². The van der Waals surface area contributed by atoms with Crippen LogP contribution in [0.5, 0.6) is 0 Å². The van der Waals surface area contributed by atoms with Gasteiger partial charge in [0.1, 0.15) is 0 Å². The predicted molar refractivity (Wildman–Crippen MR) is 93.4 cm³/mol. The summed E-state index contributed by atoms with van der Waals surface area (Å²) < 4.78 is 0. The smallest absolute Gasteiger partial charge is 0.243 e. The van der Waals surface area contributed by atoms with Crippen molar-refractivity contribution in [2.45, 2.75) is 33.1 Å². The number of nitrogens with one attached hydrogen (secondary N) is 2. The molecule has 0 unspecified atom stereocenters. The first-order valence-electron chi connectivity index (χ1n) is 7.55. The van der Waals surface area contributed by atoms with Crippen molar-refractivity contribution in [3.8, 4) is 0 Å². The van der Waals surface area contributed by atoms with Gasteiger partial charge in [0.05, 0.1) is 6.54 Å². The summed E-state index contributed by atoms with van der Waals surface area (Å²) in [7, 11) is 0. The maximum Gasteiger partial charge on any atom is 0.243 e. The van der Waals surface area contributed by atoms with Gasteiger partial charge < -0.3 is 10.6 Å². The number of amides is 1. The molecule has 2 N–H and O–H groups in total. The molecule has 2 aromatic carbocycles. The monoisotopic (exact) mass is 296 g/mol. The van der Waals surface area contributed by atoms with Crippen LogP contribution in [-0.2, 0) is 10.2 Å². The lowest BCUT2D eigenvalue weighted by atomic mass is 9.87. The molecule has 22 heavy (non-hydrogen) atoms. The maximum absolute atomic E-state index is 12.0. The molecule has 0 fully saturated rings. The molecule has 0 atom stereocenters. The minimum absolute atomic E-state index is 0.0518. The first-order chi connectivity index (χ1) is 10.3. The summed E-state index contributed by atoms with van der Waals surface area (Å²) in [5, 5.41) is 6.02. The summed E-state index contributed by atoms with van der Waals surface area (Å²) in [4.78, 5) is 12.0. The molecular formula is C19H24N2O. The van der Waals surface area contributed by atoms with Gasteiger partial charge in [-0.15, -0.1) is 0 Å². The van der Waals surface area contributed by atoms with Crippen molar-refractivity contribution in [1.29, 1.82) is 0 Å². The Labute approximate surface area is 132 Å². The van der Waals surface area contributed by atoms with Crippen LogP contribution >= 0.6 is 0 Å². The van der Waals surface area contributed by atoms with Crippen LogP contribution in [0.1, 0.15) is 31.9 Å². The normalized spacial score (nSPS) is 11.1. The van der Waals surface area contributed by atoms with Crippen molar-refractivity contribution in [2.24, 2.45) is 0 Å². The lowest BCUT2D eigenvalue weighted by Gasteiger charge is -2.19. The summed E-state index contributed by atoms with van der Waals surface area (Å²) in [6, 6.07) is 16.0. The number of hydrogen-bond acceptors (Lipinski definition) is 2. The zero-order valence-corrected chi connectivity index (χ0v) is 13.7. The summed E-state index contributed by atoms with van der Waals surface area (Å²) in [6.45, 7) is 8.81. The van der Waals surface area contributed by atoms with Crippen molar-refractivity contribution in [3.05, 3.63) is 59.7 Å². The van der Waals surface area contributed by atoms with Crippen LogP contribution in [0.25, 0.3) is 0 Å². The number of rotatable bonds is 4. The highest BCUT2D eigenvalue weighted by Crippen LogP contribution is 2.23. The molecule has 2 rings (SSSR count). The van der Waals surface area contributed by atoms with Crippen molar-refractivity contribution in [2.75, 3.05) is 17.2 Å². The Morgan fingerprint density at radius 2 is 1.45 bits per heavy atom. The second-order valence-electron chi connectivity index (χ2n) is 6.60. The predicted octanol–water partition coefficient (Wildman–Crippen LogP) is 4.34. The molecule has 0 bridgehead atoms. The molecule has 3 nitrogen and oxygen atoms in total. The van der Waals surface area contributed by atoms with Crippen LogP contribution in [-0.4, -0.2) is 12.5 Å². The molecule has 0 aliphatic heterocycles. The van der Waals surface area contributed by atoms with Gasteiger partial charge in [-0.2, -0.15) is 0 Å². The Morgan fingerprint density at radius 3 is 2.00 bits per heavy atom. The average Bonchev–Trinajstić information content (AvgIpc) is 2.46. The highest BCUT2D eigenvalue weighted by molar-refractivity contribution is 5.93. The maximum atomic E-state index is 12.0. The minimum Gasteiger partial charge on any atom is -0.376 e. The molecule has 116 valence electrons. The van der Waals surface area contributed by atoms with Crippen LogP contribution in [0.4, 0.5) is 11.4 Å². The van der Waals surface area contributed by atoms with E-state index in [0.717, 1.165) is 11.4 Å². The Balaban J connectivity index is 1.88. The van der Waals surface area contributed by atoms with E-state index in [9.17, 15) is 4.79 Å². The highest BCUT2D eigenvalue weighted by atomic mass is 16.1. The fourth-order valence-corrected chi connectivity index (χ4v) is 2.11. The van der Waals surface area contributed by atoms with E-state index in [4.69, 9.17) is 0 Å². The summed E-state index contributed by atoms with van der Waals surface area (Å²) >= 11 is 0. The van der Waals surface area contributed by atoms with Gasteiger partial charge in [0.25, 0.3) is 0 Å². The first kappa shape index (κ1) is 16.1. The van der Waals surface area contributed by atoms with Gasteiger partial charge in [-0.1, -0.05) is 50.6 Å². The third-order valence-corrected chi connectivity index (χ3v) is 3.54. The van der Waals surface area contributed by atoms with E-state index >= 15 is 0 Å². The minimum atomic E-state index is -0.0518. The molecule has 0 aliphatic rings. The lowest BCUT2D eigenvalue weighted by molar-refractivity contribution is -0.114.